The van der Waals surface area contributed by atoms with Gasteiger partial charge in [0.25, 0.3) is 0 Å². The lowest BCUT2D eigenvalue weighted by Gasteiger charge is -2.17. The van der Waals surface area contributed by atoms with E-state index in [1.165, 1.54) is 0 Å². The summed E-state index contributed by atoms with van der Waals surface area (Å²) in [5, 5.41) is 13.5. The van der Waals surface area contributed by atoms with Crippen LogP contribution in [0.25, 0.3) is 22.2 Å². The van der Waals surface area contributed by atoms with Gasteiger partial charge in [-0.05, 0) is 41.8 Å². The van der Waals surface area contributed by atoms with Gasteiger partial charge in [0.15, 0.2) is 0 Å². The Balaban J connectivity index is 2.00. The molecule has 146 valence electrons. The monoisotopic (exact) mass is 424 g/mol. The van der Waals surface area contributed by atoms with Crippen LogP contribution < -0.4 is 0 Å². The highest BCUT2D eigenvalue weighted by atomic mass is 35.5. The van der Waals surface area contributed by atoms with Gasteiger partial charge in [-0.2, -0.15) is 0 Å². The van der Waals surface area contributed by atoms with Gasteiger partial charge in [-0.25, -0.2) is 0 Å². The number of hydrogen-bond donors (Lipinski definition) is 1. The van der Waals surface area contributed by atoms with E-state index in [1.807, 2.05) is 55.5 Å². The van der Waals surface area contributed by atoms with E-state index in [4.69, 9.17) is 23.2 Å². The van der Waals surface area contributed by atoms with Crippen LogP contribution in [0.3, 0.4) is 0 Å². The molecule has 4 nitrogen and oxygen atoms in total. The van der Waals surface area contributed by atoms with E-state index < -0.39 is 5.92 Å². The molecule has 1 N–H and O–H groups in total. The molecule has 4 rings (SSSR count). The van der Waals surface area contributed by atoms with Crippen LogP contribution in [0.4, 0.5) is 0 Å². The number of benzene rings is 3. The van der Waals surface area contributed by atoms with Crippen LogP contribution in [0, 0.1) is 17.0 Å². The van der Waals surface area contributed by atoms with Crippen molar-refractivity contribution in [3.05, 3.63) is 104 Å². The van der Waals surface area contributed by atoms with Gasteiger partial charge >= 0.3 is 0 Å². The Hall–Kier alpha value is -2.82. The molecule has 0 saturated carbocycles. The molecule has 0 aliphatic carbocycles. The van der Waals surface area contributed by atoms with Crippen LogP contribution in [0.1, 0.15) is 22.6 Å². The van der Waals surface area contributed by atoms with Crippen LogP contribution in [0.2, 0.25) is 10.0 Å². The number of H-pyrrole nitrogens is 1. The normalized spacial score (nSPS) is 12.2. The number of para-hydroxylation sites is 1. The first-order valence-corrected chi connectivity index (χ1v) is 9.94. The molecule has 0 bridgehead atoms. The van der Waals surface area contributed by atoms with Gasteiger partial charge in [0, 0.05) is 25.9 Å². The van der Waals surface area contributed by atoms with Gasteiger partial charge in [0.2, 0.25) is 6.54 Å². The molecule has 29 heavy (non-hydrogen) atoms. The van der Waals surface area contributed by atoms with Crippen molar-refractivity contribution in [2.75, 3.05) is 6.54 Å². The number of aryl methyl sites for hydroxylation is 1. The van der Waals surface area contributed by atoms with Crippen molar-refractivity contribution in [3.8, 4) is 11.3 Å². The first kappa shape index (κ1) is 19.5. The second kappa shape index (κ2) is 7.90. The fraction of sp³-hybridized carbons (Fsp3) is 0.130. The van der Waals surface area contributed by atoms with Gasteiger partial charge < -0.3 is 4.98 Å². The maximum absolute atomic E-state index is 11.6. The Morgan fingerprint density at radius 2 is 1.76 bits per heavy atom. The SMILES string of the molecule is Cc1ccc(-c2[nH]c3ccccc3c2C(C[N+](=O)[O-])c2ccc(Cl)cc2Cl)cc1. The van der Waals surface area contributed by atoms with Gasteiger partial charge in [-0.15, -0.1) is 0 Å². The molecule has 0 fully saturated rings. The van der Waals surface area contributed by atoms with Crippen molar-refractivity contribution >= 4 is 34.1 Å². The van der Waals surface area contributed by atoms with Crippen LogP contribution >= 0.6 is 23.2 Å². The van der Waals surface area contributed by atoms with Gasteiger partial charge in [0.05, 0.1) is 11.6 Å². The average Bonchev–Trinajstić information content (AvgIpc) is 3.06. The summed E-state index contributed by atoms with van der Waals surface area (Å²) in [7, 11) is 0. The smallest absolute Gasteiger partial charge is 0.214 e. The van der Waals surface area contributed by atoms with Crippen LogP contribution in [-0.4, -0.2) is 16.5 Å². The number of nitro groups is 1. The minimum absolute atomic E-state index is 0.276. The lowest BCUT2D eigenvalue weighted by atomic mass is 9.87. The summed E-state index contributed by atoms with van der Waals surface area (Å²) in [4.78, 5) is 14.8. The third-order valence-electron chi connectivity index (χ3n) is 5.10. The van der Waals surface area contributed by atoms with E-state index in [1.54, 1.807) is 18.2 Å². The standard InChI is InChI=1S/C23H18Cl2N2O2/c1-14-6-8-15(9-7-14)23-22(18-4-2-3-5-21(18)26-23)19(13-27(28)29)17-11-10-16(24)12-20(17)25/h2-12,19,26H,13H2,1H3. The fourth-order valence-corrected chi connectivity index (χ4v) is 4.29. The van der Waals surface area contributed by atoms with Crippen LogP contribution in [0.15, 0.2) is 66.7 Å². The van der Waals surface area contributed by atoms with E-state index in [-0.39, 0.29) is 11.5 Å². The van der Waals surface area contributed by atoms with Crippen molar-refractivity contribution in [2.24, 2.45) is 0 Å². The van der Waals surface area contributed by atoms with E-state index in [0.29, 0.717) is 15.6 Å². The minimum Gasteiger partial charge on any atom is -0.354 e. The average molecular weight is 425 g/mol. The van der Waals surface area contributed by atoms with Crippen molar-refractivity contribution < 1.29 is 4.92 Å². The molecule has 1 unspecified atom stereocenters. The van der Waals surface area contributed by atoms with Crippen molar-refractivity contribution in [1.82, 2.24) is 4.98 Å². The van der Waals surface area contributed by atoms with Crippen molar-refractivity contribution in [2.45, 2.75) is 12.8 Å². The summed E-state index contributed by atoms with van der Waals surface area (Å²) in [5.41, 5.74) is 5.46. The molecule has 3 aromatic carbocycles. The molecule has 0 spiro atoms. The third kappa shape index (κ3) is 3.86. The van der Waals surface area contributed by atoms with E-state index in [2.05, 4.69) is 4.98 Å². The highest BCUT2D eigenvalue weighted by Gasteiger charge is 2.29. The molecule has 1 atom stereocenters. The molecule has 0 aliphatic heterocycles. The zero-order chi connectivity index (χ0) is 20.5. The number of aromatic amines is 1. The Morgan fingerprint density at radius 3 is 2.45 bits per heavy atom. The Bertz CT molecular complexity index is 1200. The predicted octanol–water partition coefficient (Wildman–Crippen LogP) is 6.86. The second-order valence-corrected chi connectivity index (χ2v) is 7.90. The Labute approximate surface area is 178 Å². The highest BCUT2D eigenvalue weighted by molar-refractivity contribution is 6.35. The van der Waals surface area contributed by atoms with E-state index >= 15 is 0 Å². The number of aromatic nitrogens is 1. The number of hydrogen-bond acceptors (Lipinski definition) is 2. The van der Waals surface area contributed by atoms with Crippen LogP contribution in [0.5, 0.6) is 0 Å². The summed E-state index contributed by atoms with van der Waals surface area (Å²) in [6.07, 6.45) is 0. The number of rotatable bonds is 5. The molecule has 1 aromatic heterocycles. The molecule has 0 aliphatic rings. The molecule has 4 aromatic rings. The lowest BCUT2D eigenvalue weighted by molar-refractivity contribution is -0.481. The van der Waals surface area contributed by atoms with Gasteiger partial charge in [-0.1, -0.05) is 77.3 Å². The largest absolute Gasteiger partial charge is 0.354 e. The quantitative estimate of drug-likeness (QED) is 0.281. The first-order valence-electron chi connectivity index (χ1n) is 9.18. The Morgan fingerprint density at radius 1 is 1.03 bits per heavy atom. The number of halogens is 2. The fourth-order valence-electron chi connectivity index (χ4n) is 3.75. The lowest BCUT2D eigenvalue weighted by Crippen LogP contribution is -2.15. The third-order valence-corrected chi connectivity index (χ3v) is 5.67. The summed E-state index contributed by atoms with van der Waals surface area (Å²) in [5.74, 6) is -0.526. The molecular weight excluding hydrogens is 407 g/mol. The zero-order valence-electron chi connectivity index (χ0n) is 15.7. The van der Waals surface area contributed by atoms with Crippen molar-refractivity contribution in [1.29, 1.82) is 0 Å². The number of fused-ring (bicyclic) bond motifs is 1. The molecule has 1 heterocycles. The van der Waals surface area contributed by atoms with Gasteiger partial charge in [-0.3, -0.25) is 10.1 Å². The molecule has 0 saturated heterocycles. The summed E-state index contributed by atoms with van der Waals surface area (Å²) in [6, 6.07) is 21.1. The van der Waals surface area contributed by atoms with Gasteiger partial charge in [0.1, 0.15) is 0 Å². The predicted molar refractivity (Wildman–Crippen MR) is 119 cm³/mol. The summed E-state index contributed by atoms with van der Waals surface area (Å²) < 4.78 is 0. The number of nitrogens with one attached hydrogen (secondary N) is 1. The molecule has 0 radical (unpaired) electrons. The maximum atomic E-state index is 11.6. The molecular formula is C23H18Cl2N2O2. The highest BCUT2D eigenvalue weighted by Crippen LogP contribution is 2.41. The second-order valence-electron chi connectivity index (χ2n) is 7.06. The summed E-state index contributed by atoms with van der Waals surface area (Å²) >= 11 is 12.5. The molecule has 0 amide bonds. The van der Waals surface area contributed by atoms with E-state index in [9.17, 15) is 10.1 Å². The maximum Gasteiger partial charge on any atom is 0.214 e. The topological polar surface area (TPSA) is 58.9 Å². The number of nitrogens with zero attached hydrogens (tertiary/aromatic N) is 1. The minimum atomic E-state index is -0.526. The Kier molecular flexibility index (Phi) is 5.31. The van der Waals surface area contributed by atoms with Crippen LogP contribution in [-0.2, 0) is 0 Å². The summed E-state index contributed by atoms with van der Waals surface area (Å²) in [6.45, 7) is 1.75. The zero-order valence-corrected chi connectivity index (χ0v) is 17.2. The first-order chi connectivity index (χ1) is 13.9. The van der Waals surface area contributed by atoms with E-state index in [0.717, 1.165) is 33.3 Å². The molecule has 6 heteroatoms. The van der Waals surface area contributed by atoms with Crippen molar-refractivity contribution in [3.63, 3.8) is 0 Å².